The van der Waals surface area contributed by atoms with E-state index in [1.807, 2.05) is 12.1 Å². The molecule has 6 heteroatoms. The number of nitrogens with zero attached hydrogens (tertiary/aromatic N) is 1. The number of carbonyl (C=O) groups is 1. The fraction of sp³-hybridized carbons (Fsp3) is 0.562. The molecule has 1 amide bonds. The van der Waals surface area contributed by atoms with E-state index in [-0.39, 0.29) is 11.9 Å². The lowest BCUT2D eigenvalue weighted by Gasteiger charge is -2.29. The molecule has 1 heterocycles. The Morgan fingerprint density at radius 3 is 2.77 bits per heavy atom. The molecule has 0 aromatic heterocycles. The maximum atomic E-state index is 12.6. The molecule has 1 aromatic rings. The Labute approximate surface area is 131 Å². The minimum Gasteiger partial charge on any atom is -0.348 e. The summed E-state index contributed by atoms with van der Waals surface area (Å²) in [5.74, 6) is -0.162. The molecule has 0 unspecified atom stereocenters. The van der Waals surface area contributed by atoms with Gasteiger partial charge in [0.15, 0.2) is 0 Å². The average Bonchev–Trinajstić information content (AvgIpc) is 2.97. The van der Waals surface area contributed by atoms with Gasteiger partial charge < -0.3 is 5.32 Å². The van der Waals surface area contributed by atoms with Gasteiger partial charge in [-0.05, 0) is 43.2 Å². The Morgan fingerprint density at radius 1 is 1.23 bits per heavy atom. The zero-order chi connectivity index (χ0) is 15.7. The second kappa shape index (κ2) is 6.01. The molecule has 2 aliphatic rings. The summed E-state index contributed by atoms with van der Waals surface area (Å²) >= 11 is 0. The molecule has 0 bridgehead atoms. The van der Waals surface area contributed by atoms with Crippen molar-refractivity contribution < 1.29 is 13.2 Å². The fourth-order valence-electron chi connectivity index (χ4n) is 3.57. The van der Waals surface area contributed by atoms with E-state index in [0.717, 1.165) is 25.7 Å². The first-order valence-electron chi connectivity index (χ1n) is 7.82. The molecular weight excluding hydrogens is 300 g/mol. The molecule has 1 fully saturated rings. The first-order chi connectivity index (χ1) is 10.5. The second-order valence-corrected chi connectivity index (χ2v) is 8.12. The molecule has 5 nitrogen and oxygen atoms in total. The standard InChI is InChI=1S/C16H22N2O3S/c1-22(20,21)18-11-5-10-15(18)16(19)17-14-9-4-7-12-6-2-3-8-13(12)14/h2-3,6,8,14-15H,4-5,7,9-11H2,1H3,(H,17,19)/t14-,15-/m0/s1. The van der Waals surface area contributed by atoms with E-state index in [2.05, 4.69) is 17.4 Å². The van der Waals surface area contributed by atoms with Crippen LogP contribution in [-0.2, 0) is 21.2 Å². The number of hydrogen-bond donors (Lipinski definition) is 1. The fourth-order valence-corrected chi connectivity index (χ4v) is 4.70. The van der Waals surface area contributed by atoms with Crippen LogP contribution in [0.1, 0.15) is 42.9 Å². The average molecular weight is 322 g/mol. The first kappa shape index (κ1) is 15.5. The number of fused-ring (bicyclic) bond motifs is 1. The summed E-state index contributed by atoms with van der Waals surface area (Å²) in [6.45, 7) is 0.443. The Hall–Kier alpha value is -1.40. The third kappa shape index (κ3) is 3.03. The van der Waals surface area contributed by atoms with Gasteiger partial charge in [0.25, 0.3) is 0 Å². The molecule has 1 aliphatic carbocycles. The maximum Gasteiger partial charge on any atom is 0.238 e. The highest BCUT2D eigenvalue weighted by atomic mass is 32.2. The van der Waals surface area contributed by atoms with Crippen molar-refractivity contribution in [3.05, 3.63) is 35.4 Å². The normalized spacial score (nSPS) is 25.7. The van der Waals surface area contributed by atoms with E-state index in [9.17, 15) is 13.2 Å². The molecule has 22 heavy (non-hydrogen) atoms. The van der Waals surface area contributed by atoms with Crippen LogP contribution in [0, 0.1) is 0 Å². The van der Waals surface area contributed by atoms with Crippen LogP contribution < -0.4 is 5.32 Å². The zero-order valence-corrected chi connectivity index (χ0v) is 13.6. The third-order valence-electron chi connectivity index (χ3n) is 4.62. The molecule has 0 radical (unpaired) electrons. The minimum atomic E-state index is -3.33. The number of hydrogen-bond acceptors (Lipinski definition) is 3. The Balaban J connectivity index is 1.75. The zero-order valence-electron chi connectivity index (χ0n) is 12.8. The lowest BCUT2D eigenvalue weighted by atomic mass is 9.87. The van der Waals surface area contributed by atoms with Crippen molar-refractivity contribution in [1.29, 1.82) is 0 Å². The lowest BCUT2D eigenvalue weighted by molar-refractivity contribution is -0.125. The number of rotatable bonds is 3. The van der Waals surface area contributed by atoms with Crippen molar-refractivity contribution in [2.24, 2.45) is 0 Å². The molecule has 2 atom stereocenters. The van der Waals surface area contributed by atoms with Gasteiger partial charge in [0, 0.05) is 6.54 Å². The summed E-state index contributed by atoms with van der Waals surface area (Å²) in [6.07, 6.45) is 5.52. The quantitative estimate of drug-likeness (QED) is 0.919. The molecule has 0 spiro atoms. The molecule has 3 rings (SSSR count). The Kier molecular flexibility index (Phi) is 4.23. The summed E-state index contributed by atoms with van der Waals surface area (Å²) in [6, 6.07) is 7.62. The Morgan fingerprint density at radius 2 is 2.00 bits per heavy atom. The van der Waals surface area contributed by atoms with Crippen molar-refractivity contribution in [2.45, 2.75) is 44.2 Å². The highest BCUT2D eigenvalue weighted by Crippen LogP contribution is 2.30. The number of aryl methyl sites for hydroxylation is 1. The van der Waals surface area contributed by atoms with Gasteiger partial charge in [-0.3, -0.25) is 4.79 Å². The van der Waals surface area contributed by atoms with Crippen LogP contribution in [0.25, 0.3) is 0 Å². The third-order valence-corrected chi connectivity index (χ3v) is 5.91. The van der Waals surface area contributed by atoms with Gasteiger partial charge in [-0.2, -0.15) is 4.31 Å². The smallest absolute Gasteiger partial charge is 0.238 e. The van der Waals surface area contributed by atoms with Gasteiger partial charge >= 0.3 is 0 Å². The van der Waals surface area contributed by atoms with Gasteiger partial charge in [0.2, 0.25) is 15.9 Å². The topological polar surface area (TPSA) is 66.5 Å². The molecule has 1 N–H and O–H groups in total. The molecular formula is C16H22N2O3S. The number of nitrogens with one attached hydrogen (secondary N) is 1. The van der Waals surface area contributed by atoms with E-state index in [1.165, 1.54) is 21.7 Å². The largest absolute Gasteiger partial charge is 0.348 e. The van der Waals surface area contributed by atoms with Crippen LogP contribution in [0.4, 0.5) is 0 Å². The van der Waals surface area contributed by atoms with Crippen LogP contribution in [0.2, 0.25) is 0 Å². The van der Waals surface area contributed by atoms with E-state index in [1.54, 1.807) is 0 Å². The summed E-state index contributed by atoms with van der Waals surface area (Å²) in [7, 11) is -3.33. The first-order valence-corrected chi connectivity index (χ1v) is 9.66. The maximum absolute atomic E-state index is 12.6. The monoisotopic (exact) mass is 322 g/mol. The number of amides is 1. The molecule has 1 aromatic carbocycles. The van der Waals surface area contributed by atoms with Crippen LogP contribution in [0.15, 0.2) is 24.3 Å². The predicted molar refractivity (Wildman–Crippen MR) is 84.8 cm³/mol. The van der Waals surface area contributed by atoms with E-state index in [4.69, 9.17) is 0 Å². The summed E-state index contributed by atoms with van der Waals surface area (Å²) < 4.78 is 24.9. The summed E-state index contributed by atoms with van der Waals surface area (Å²) in [4.78, 5) is 12.6. The van der Waals surface area contributed by atoms with E-state index in [0.29, 0.717) is 13.0 Å². The lowest BCUT2D eigenvalue weighted by Crippen LogP contribution is -2.46. The number of carbonyl (C=O) groups excluding carboxylic acids is 1. The summed E-state index contributed by atoms with van der Waals surface area (Å²) in [5, 5.41) is 3.07. The van der Waals surface area contributed by atoms with Crippen molar-refractivity contribution in [2.75, 3.05) is 12.8 Å². The van der Waals surface area contributed by atoms with Crippen LogP contribution in [0.5, 0.6) is 0 Å². The minimum absolute atomic E-state index is 0.000500. The molecule has 1 aliphatic heterocycles. The molecule has 0 saturated carbocycles. The van der Waals surface area contributed by atoms with Crippen molar-refractivity contribution in [3.63, 3.8) is 0 Å². The summed E-state index contributed by atoms with van der Waals surface area (Å²) in [5.41, 5.74) is 2.46. The van der Waals surface area contributed by atoms with Crippen molar-refractivity contribution in [3.8, 4) is 0 Å². The molecule has 1 saturated heterocycles. The van der Waals surface area contributed by atoms with E-state index >= 15 is 0 Å². The Bertz CT molecular complexity index is 672. The number of sulfonamides is 1. The van der Waals surface area contributed by atoms with Gasteiger partial charge in [0.05, 0.1) is 12.3 Å². The second-order valence-electron chi connectivity index (χ2n) is 6.18. The van der Waals surface area contributed by atoms with Crippen LogP contribution >= 0.6 is 0 Å². The predicted octanol–water partition coefficient (Wildman–Crippen LogP) is 1.60. The van der Waals surface area contributed by atoms with E-state index < -0.39 is 16.1 Å². The SMILES string of the molecule is CS(=O)(=O)N1CCC[C@H]1C(=O)N[C@H]1CCCc2ccccc21. The van der Waals surface area contributed by atoms with Gasteiger partial charge in [-0.1, -0.05) is 24.3 Å². The van der Waals surface area contributed by atoms with Gasteiger partial charge in [-0.15, -0.1) is 0 Å². The van der Waals surface area contributed by atoms with Gasteiger partial charge in [-0.25, -0.2) is 8.42 Å². The number of benzene rings is 1. The molecule has 120 valence electrons. The van der Waals surface area contributed by atoms with Crippen molar-refractivity contribution in [1.82, 2.24) is 9.62 Å². The highest BCUT2D eigenvalue weighted by molar-refractivity contribution is 7.88. The van der Waals surface area contributed by atoms with Gasteiger partial charge in [0.1, 0.15) is 6.04 Å². The van der Waals surface area contributed by atoms with Crippen LogP contribution in [0.3, 0.4) is 0 Å². The highest BCUT2D eigenvalue weighted by Gasteiger charge is 2.37. The van der Waals surface area contributed by atoms with Crippen molar-refractivity contribution >= 4 is 15.9 Å². The van der Waals surface area contributed by atoms with Crippen LogP contribution in [-0.4, -0.2) is 37.5 Å².